The monoisotopic (exact) mass is 483 g/mol. The number of hydrogen-bond acceptors (Lipinski definition) is 5. The fraction of sp³-hybridized carbons (Fsp3) is 0.0714. The molecule has 1 amide bonds. The lowest BCUT2D eigenvalue weighted by atomic mass is 10.0. The highest BCUT2D eigenvalue weighted by Crippen LogP contribution is 2.36. The van der Waals surface area contributed by atoms with Crippen molar-refractivity contribution in [1.29, 1.82) is 5.26 Å². The van der Waals surface area contributed by atoms with Gasteiger partial charge in [-0.05, 0) is 84.7 Å². The Labute approximate surface area is 207 Å². The van der Waals surface area contributed by atoms with Crippen LogP contribution in [0.1, 0.15) is 11.1 Å². The van der Waals surface area contributed by atoms with E-state index in [4.69, 9.17) is 4.74 Å². The molecule has 4 aromatic carbocycles. The van der Waals surface area contributed by atoms with Gasteiger partial charge < -0.3 is 10.1 Å². The molecule has 35 heavy (non-hydrogen) atoms. The predicted molar refractivity (Wildman–Crippen MR) is 137 cm³/mol. The molecular formula is C28H22FN3O2S. The van der Waals surface area contributed by atoms with Gasteiger partial charge in [-0.25, -0.2) is 4.39 Å². The SMILES string of the molecule is CNSc1ccc(CC(=O)Nc2ccc(-c3cccc(F)c3)c(Oc3cccc(C#N)c3)c2)cc1. The van der Waals surface area contributed by atoms with Gasteiger partial charge in [-0.1, -0.05) is 30.3 Å². The predicted octanol–water partition coefficient (Wildman–Crippen LogP) is 6.56. The molecule has 174 valence electrons. The normalized spacial score (nSPS) is 10.4. The number of ether oxygens (including phenoxy) is 1. The summed E-state index contributed by atoms with van der Waals surface area (Å²) in [7, 11) is 1.85. The van der Waals surface area contributed by atoms with Gasteiger partial charge in [0, 0.05) is 22.2 Å². The molecule has 4 rings (SSSR count). The topological polar surface area (TPSA) is 74.2 Å². The Balaban J connectivity index is 1.58. The van der Waals surface area contributed by atoms with E-state index in [1.807, 2.05) is 31.3 Å². The van der Waals surface area contributed by atoms with E-state index in [9.17, 15) is 14.4 Å². The van der Waals surface area contributed by atoms with Crippen molar-refractivity contribution in [2.75, 3.05) is 12.4 Å². The van der Waals surface area contributed by atoms with Crippen molar-refractivity contribution in [3.05, 3.63) is 108 Å². The minimum absolute atomic E-state index is 0.171. The lowest BCUT2D eigenvalue weighted by molar-refractivity contribution is -0.115. The van der Waals surface area contributed by atoms with E-state index < -0.39 is 0 Å². The molecule has 5 nitrogen and oxygen atoms in total. The summed E-state index contributed by atoms with van der Waals surface area (Å²) in [6.45, 7) is 0. The molecule has 0 spiro atoms. The zero-order chi connectivity index (χ0) is 24.6. The van der Waals surface area contributed by atoms with Crippen LogP contribution >= 0.6 is 11.9 Å². The highest BCUT2D eigenvalue weighted by atomic mass is 32.2. The first-order chi connectivity index (χ1) is 17.0. The van der Waals surface area contributed by atoms with Crippen molar-refractivity contribution in [2.24, 2.45) is 0 Å². The molecule has 0 aliphatic carbocycles. The van der Waals surface area contributed by atoms with Crippen molar-refractivity contribution in [3.8, 4) is 28.7 Å². The second-order valence-corrected chi connectivity index (χ2v) is 8.72. The van der Waals surface area contributed by atoms with Crippen LogP contribution in [-0.2, 0) is 11.2 Å². The lowest BCUT2D eigenvalue weighted by Crippen LogP contribution is -2.14. The van der Waals surface area contributed by atoms with Crippen LogP contribution in [0.5, 0.6) is 11.5 Å². The van der Waals surface area contributed by atoms with Crippen LogP contribution in [0.2, 0.25) is 0 Å². The van der Waals surface area contributed by atoms with E-state index in [0.29, 0.717) is 33.9 Å². The molecule has 0 saturated heterocycles. The summed E-state index contributed by atoms with van der Waals surface area (Å²) in [4.78, 5) is 13.8. The van der Waals surface area contributed by atoms with Crippen LogP contribution in [0.25, 0.3) is 11.1 Å². The number of hydrogen-bond donors (Lipinski definition) is 2. The number of carbonyl (C=O) groups is 1. The number of nitriles is 1. The van der Waals surface area contributed by atoms with Crippen molar-refractivity contribution in [1.82, 2.24) is 4.72 Å². The number of rotatable bonds is 8. The van der Waals surface area contributed by atoms with Gasteiger partial charge in [0.05, 0.1) is 18.1 Å². The number of halogens is 1. The summed E-state index contributed by atoms with van der Waals surface area (Å²) in [6, 6.07) is 28.0. The summed E-state index contributed by atoms with van der Waals surface area (Å²) in [5.74, 6) is 0.355. The maximum atomic E-state index is 13.9. The minimum Gasteiger partial charge on any atom is -0.457 e. The average molecular weight is 484 g/mol. The van der Waals surface area contributed by atoms with E-state index in [1.54, 1.807) is 54.6 Å². The molecule has 4 aromatic rings. The van der Waals surface area contributed by atoms with E-state index in [2.05, 4.69) is 16.1 Å². The van der Waals surface area contributed by atoms with Gasteiger partial charge in [0.2, 0.25) is 5.91 Å². The third-order valence-electron chi connectivity index (χ3n) is 5.10. The van der Waals surface area contributed by atoms with Crippen LogP contribution in [0.15, 0.2) is 95.9 Å². The fourth-order valence-electron chi connectivity index (χ4n) is 3.52. The minimum atomic E-state index is -0.364. The number of nitrogens with zero attached hydrogens (tertiary/aromatic N) is 1. The number of amides is 1. The van der Waals surface area contributed by atoms with E-state index >= 15 is 0 Å². The van der Waals surface area contributed by atoms with Gasteiger partial charge >= 0.3 is 0 Å². The molecule has 0 bridgehead atoms. The molecule has 0 unspecified atom stereocenters. The zero-order valence-electron chi connectivity index (χ0n) is 18.9. The first kappa shape index (κ1) is 24.0. The largest absolute Gasteiger partial charge is 0.457 e. The van der Waals surface area contributed by atoms with Crippen LogP contribution in [0.4, 0.5) is 10.1 Å². The fourth-order valence-corrected chi connectivity index (χ4v) is 4.03. The lowest BCUT2D eigenvalue weighted by Gasteiger charge is -2.14. The van der Waals surface area contributed by atoms with Crippen molar-refractivity contribution in [3.63, 3.8) is 0 Å². The summed E-state index contributed by atoms with van der Waals surface area (Å²) < 4.78 is 23.0. The highest BCUT2D eigenvalue weighted by Gasteiger charge is 2.12. The first-order valence-corrected chi connectivity index (χ1v) is 11.7. The molecule has 2 N–H and O–H groups in total. The maximum absolute atomic E-state index is 13.9. The second-order valence-electron chi connectivity index (χ2n) is 7.64. The van der Waals surface area contributed by atoms with Crippen LogP contribution < -0.4 is 14.8 Å². The number of benzene rings is 4. The third-order valence-corrected chi connectivity index (χ3v) is 5.81. The first-order valence-electron chi connectivity index (χ1n) is 10.8. The van der Waals surface area contributed by atoms with Gasteiger partial charge in [-0.15, -0.1) is 0 Å². The molecule has 0 atom stereocenters. The Morgan fingerprint density at radius 2 is 1.80 bits per heavy atom. The highest BCUT2D eigenvalue weighted by molar-refractivity contribution is 7.97. The van der Waals surface area contributed by atoms with Crippen molar-refractivity contribution in [2.45, 2.75) is 11.3 Å². The van der Waals surface area contributed by atoms with Crippen LogP contribution in [-0.4, -0.2) is 13.0 Å². The molecule has 0 heterocycles. The van der Waals surface area contributed by atoms with Gasteiger partial charge in [-0.3, -0.25) is 9.52 Å². The van der Waals surface area contributed by atoms with Crippen LogP contribution in [0.3, 0.4) is 0 Å². The van der Waals surface area contributed by atoms with Crippen molar-refractivity contribution >= 4 is 23.5 Å². The Bertz CT molecular complexity index is 1380. The standard InChI is InChI=1S/C28H22FN3O2S/c1-31-35-25-11-8-19(9-12-25)15-28(33)32-23-10-13-26(21-5-3-6-22(29)16-21)27(17-23)34-24-7-2-4-20(14-24)18-30/h2-14,16-17,31H,15H2,1H3,(H,32,33). The molecule has 0 radical (unpaired) electrons. The summed E-state index contributed by atoms with van der Waals surface area (Å²) in [5, 5.41) is 12.1. The average Bonchev–Trinajstić information content (AvgIpc) is 2.86. The molecule has 0 fully saturated rings. The Morgan fingerprint density at radius 3 is 2.54 bits per heavy atom. The Morgan fingerprint density at radius 1 is 1.00 bits per heavy atom. The van der Waals surface area contributed by atoms with Gasteiger partial charge in [-0.2, -0.15) is 5.26 Å². The number of nitrogens with one attached hydrogen (secondary N) is 2. The molecule has 0 aliphatic rings. The van der Waals surface area contributed by atoms with Gasteiger partial charge in [0.1, 0.15) is 17.3 Å². The van der Waals surface area contributed by atoms with E-state index in [-0.39, 0.29) is 18.1 Å². The molecule has 0 aliphatic heterocycles. The quantitative estimate of drug-likeness (QED) is 0.278. The molecule has 7 heteroatoms. The van der Waals surface area contributed by atoms with E-state index in [1.165, 1.54) is 24.1 Å². The number of carbonyl (C=O) groups excluding carboxylic acids is 1. The molecule has 0 saturated carbocycles. The Hall–Kier alpha value is -4.12. The molecular weight excluding hydrogens is 461 g/mol. The van der Waals surface area contributed by atoms with Crippen LogP contribution in [0, 0.1) is 17.1 Å². The smallest absolute Gasteiger partial charge is 0.228 e. The molecule has 0 aromatic heterocycles. The number of anilines is 1. The zero-order valence-corrected chi connectivity index (χ0v) is 19.7. The maximum Gasteiger partial charge on any atom is 0.228 e. The summed E-state index contributed by atoms with van der Waals surface area (Å²) in [6.07, 6.45) is 0.219. The van der Waals surface area contributed by atoms with Gasteiger partial charge in [0.25, 0.3) is 0 Å². The summed E-state index contributed by atoms with van der Waals surface area (Å²) >= 11 is 1.50. The van der Waals surface area contributed by atoms with Gasteiger partial charge in [0.15, 0.2) is 0 Å². The van der Waals surface area contributed by atoms with E-state index in [0.717, 1.165) is 10.5 Å². The second kappa shape index (κ2) is 11.3. The summed E-state index contributed by atoms with van der Waals surface area (Å²) in [5.41, 5.74) is 3.18. The third kappa shape index (κ3) is 6.48. The Kier molecular flexibility index (Phi) is 7.78. The van der Waals surface area contributed by atoms with Crippen molar-refractivity contribution < 1.29 is 13.9 Å².